The van der Waals surface area contributed by atoms with Gasteiger partial charge in [-0.3, -0.25) is 0 Å². The molecule has 1 aromatic rings. The van der Waals surface area contributed by atoms with Gasteiger partial charge in [-0.2, -0.15) is 11.8 Å². The predicted molar refractivity (Wildman–Crippen MR) is 65.1 cm³/mol. The van der Waals surface area contributed by atoms with E-state index in [9.17, 15) is 0 Å². The number of hydrogen-bond acceptors (Lipinski definition) is 1. The first-order valence-corrected chi connectivity index (χ1v) is 6.59. The molecule has 0 heterocycles. The molecule has 0 spiro atoms. The van der Waals surface area contributed by atoms with Crippen molar-refractivity contribution >= 4 is 35.0 Å². The number of thioether (sulfide) groups is 1. The third-order valence-electron chi connectivity index (χ3n) is 2.39. The molecule has 0 nitrogen and oxygen atoms in total. The second kappa shape index (κ2) is 4.34. The molecule has 1 aliphatic rings. The fraction of sp³-hybridized carbons (Fsp3) is 0.455. The Balaban J connectivity index is 1.69. The van der Waals surface area contributed by atoms with E-state index >= 15 is 0 Å². The molecule has 1 aromatic carbocycles. The number of halogens is 2. The molecule has 1 saturated carbocycles. The van der Waals surface area contributed by atoms with Gasteiger partial charge in [-0.15, -0.1) is 23.2 Å². The van der Waals surface area contributed by atoms with Crippen molar-refractivity contribution in [3.63, 3.8) is 0 Å². The average molecular weight is 247 g/mol. The van der Waals surface area contributed by atoms with Crippen molar-refractivity contribution in [1.29, 1.82) is 0 Å². The van der Waals surface area contributed by atoms with Gasteiger partial charge in [-0.05, 0) is 17.7 Å². The Morgan fingerprint density at radius 3 is 2.50 bits per heavy atom. The van der Waals surface area contributed by atoms with Crippen LogP contribution in [0.5, 0.6) is 0 Å². The van der Waals surface area contributed by atoms with Gasteiger partial charge in [-0.1, -0.05) is 30.3 Å². The summed E-state index contributed by atoms with van der Waals surface area (Å²) in [5, 5.41) is 0. The highest BCUT2D eigenvalue weighted by Crippen LogP contribution is 2.54. The molecule has 1 aliphatic carbocycles. The Bertz CT molecular complexity index is 297. The largest absolute Gasteiger partial charge is 0.157 e. The SMILES string of the molecule is ClC1(Cl)CC1CSCc1ccccc1. The van der Waals surface area contributed by atoms with Gasteiger partial charge in [0.15, 0.2) is 0 Å². The molecule has 1 unspecified atom stereocenters. The lowest BCUT2D eigenvalue weighted by Crippen LogP contribution is -1.93. The molecule has 0 aromatic heterocycles. The highest BCUT2D eigenvalue weighted by atomic mass is 35.5. The van der Waals surface area contributed by atoms with E-state index in [1.165, 1.54) is 5.56 Å². The van der Waals surface area contributed by atoms with Crippen LogP contribution in [0.4, 0.5) is 0 Å². The maximum atomic E-state index is 5.94. The molecule has 14 heavy (non-hydrogen) atoms. The molecule has 0 saturated heterocycles. The minimum absolute atomic E-state index is 0.413. The molecule has 0 aliphatic heterocycles. The fourth-order valence-electron chi connectivity index (χ4n) is 1.34. The predicted octanol–water partition coefficient (Wildman–Crippen LogP) is 4.11. The minimum Gasteiger partial charge on any atom is -0.157 e. The Hall–Kier alpha value is 0.150. The van der Waals surface area contributed by atoms with Gasteiger partial charge in [0.2, 0.25) is 0 Å². The van der Waals surface area contributed by atoms with Gasteiger partial charge in [0, 0.05) is 11.7 Å². The molecule has 0 N–H and O–H groups in total. The summed E-state index contributed by atoms with van der Waals surface area (Å²) in [6, 6.07) is 10.5. The van der Waals surface area contributed by atoms with Crippen molar-refractivity contribution < 1.29 is 0 Å². The third kappa shape index (κ3) is 2.82. The summed E-state index contributed by atoms with van der Waals surface area (Å²) in [6.07, 6.45) is 0.956. The smallest absolute Gasteiger partial charge is 0.122 e. The first-order valence-electron chi connectivity index (χ1n) is 4.68. The monoisotopic (exact) mass is 246 g/mol. The zero-order valence-corrected chi connectivity index (χ0v) is 10.1. The topological polar surface area (TPSA) is 0 Å². The molecule has 1 fully saturated rings. The molecule has 0 bridgehead atoms. The first-order chi connectivity index (χ1) is 6.68. The summed E-state index contributed by atoms with van der Waals surface area (Å²) in [4.78, 5) is 0. The Morgan fingerprint density at radius 1 is 1.29 bits per heavy atom. The average Bonchev–Trinajstić information content (AvgIpc) is 2.76. The van der Waals surface area contributed by atoms with Gasteiger partial charge in [-0.25, -0.2) is 0 Å². The van der Waals surface area contributed by atoms with Gasteiger partial charge in [0.25, 0.3) is 0 Å². The Kier molecular flexibility index (Phi) is 3.30. The van der Waals surface area contributed by atoms with Crippen LogP contribution in [0.1, 0.15) is 12.0 Å². The molecule has 1 atom stereocenters. The second-order valence-corrected chi connectivity index (χ2v) is 6.24. The van der Waals surface area contributed by atoms with Crippen LogP contribution in [0, 0.1) is 5.92 Å². The van der Waals surface area contributed by atoms with E-state index in [2.05, 4.69) is 24.3 Å². The Labute approximate surface area is 99.0 Å². The lowest BCUT2D eigenvalue weighted by molar-refractivity contribution is 0.979. The van der Waals surface area contributed by atoms with Crippen LogP contribution in [0.2, 0.25) is 0 Å². The number of benzene rings is 1. The highest BCUT2D eigenvalue weighted by molar-refractivity contribution is 7.98. The quantitative estimate of drug-likeness (QED) is 0.721. The molecule has 0 amide bonds. The van der Waals surface area contributed by atoms with Crippen molar-refractivity contribution in [2.45, 2.75) is 16.5 Å². The molecule has 2 rings (SSSR count). The summed E-state index contributed by atoms with van der Waals surface area (Å²) in [5.74, 6) is 2.63. The van der Waals surface area contributed by atoms with Crippen molar-refractivity contribution in [2.24, 2.45) is 5.92 Å². The second-order valence-electron chi connectivity index (χ2n) is 3.66. The van der Waals surface area contributed by atoms with Gasteiger partial charge in [0.05, 0.1) is 0 Å². The third-order valence-corrected chi connectivity index (χ3v) is 4.49. The van der Waals surface area contributed by atoms with E-state index in [1.807, 2.05) is 17.8 Å². The standard InChI is InChI=1S/C11H12Cl2S/c12-11(13)6-10(11)8-14-7-9-4-2-1-3-5-9/h1-5,10H,6-8H2. The molecule has 3 heteroatoms. The van der Waals surface area contributed by atoms with Crippen LogP contribution in [-0.2, 0) is 5.75 Å². The van der Waals surface area contributed by atoms with Crippen LogP contribution >= 0.6 is 35.0 Å². The van der Waals surface area contributed by atoms with E-state index < -0.39 is 4.33 Å². The van der Waals surface area contributed by atoms with Crippen molar-refractivity contribution in [2.75, 3.05) is 5.75 Å². The Morgan fingerprint density at radius 2 is 1.93 bits per heavy atom. The zero-order valence-electron chi connectivity index (χ0n) is 7.75. The summed E-state index contributed by atoms with van der Waals surface area (Å²) in [7, 11) is 0. The van der Waals surface area contributed by atoms with Crippen molar-refractivity contribution in [3.05, 3.63) is 35.9 Å². The van der Waals surface area contributed by atoms with Crippen LogP contribution in [0.25, 0.3) is 0 Å². The van der Waals surface area contributed by atoms with Crippen LogP contribution < -0.4 is 0 Å². The van der Waals surface area contributed by atoms with Gasteiger partial charge in [0.1, 0.15) is 4.33 Å². The van der Waals surface area contributed by atoms with E-state index in [-0.39, 0.29) is 0 Å². The normalized spacial score (nSPS) is 23.4. The lowest BCUT2D eigenvalue weighted by atomic mass is 10.2. The number of alkyl halides is 2. The summed E-state index contributed by atoms with van der Waals surface area (Å²) < 4.78 is -0.413. The van der Waals surface area contributed by atoms with Crippen molar-refractivity contribution in [1.82, 2.24) is 0 Å². The fourth-order valence-corrected chi connectivity index (χ4v) is 3.29. The van der Waals surface area contributed by atoms with E-state index in [0.29, 0.717) is 5.92 Å². The van der Waals surface area contributed by atoms with Crippen LogP contribution in [0.3, 0.4) is 0 Å². The molecule has 0 radical (unpaired) electrons. The minimum atomic E-state index is -0.413. The summed E-state index contributed by atoms with van der Waals surface area (Å²) >= 11 is 13.8. The molecular formula is C11H12Cl2S. The molecular weight excluding hydrogens is 235 g/mol. The zero-order chi connectivity index (χ0) is 10.0. The van der Waals surface area contributed by atoms with Crippen LogP contribution in [0.15, 0.2) is 30.3 Å². The van der Waals surface area contributed by atoms with Crippen molar-refractivity contribution in [3.8, 4) is 0 Å². The highest BCUT2D eigenvalue weighted by Gasteiger charge is 2.50. The summed E-state index contributed by atoms with van der Waals surface area (Å²) in [5.41, 5.74) is 1.37. The first kappa shape index (κ1) is 10.7. The molecule has 76 valence electrons. The van der Waals surface area contributed by atoms with Gasteiger partial charge >= 0.3 is 0 Å². The van der Waals surface area contributed by atoms with E-state index in [4.69, 9.17) is 23.2 Å². The van der Waals surface area contributed by atoms with E-state index in [1.54, 1.807) is 0 Å². The van der Waals surface area contributed by atoms with E-state index in [0.717, 1.165) is 17.9 Å². The number of hydrogen-bond donors (Lipinski definition) is 0. The lowest BCUT2D eigenvalue weighted by Gasteiger charge is -2.01. The summed E-state index contributed by atoms with van der Waals surface area (Å²) in [6.45, 7) is 0. The van der Waals surface area contributed by atoms with Crippen LogP contribution in [-0.4, -0.2) is 10.1 Å². The maximum Gasteiger partial charge on any atom is 0.122 e. The maximum absolute atomic E-state index is 5.94. The van der Waals surface area contributed by atoms with Gasteiger partial charge < -0.3 is 0 Å². The number of rotatable bonds is 4.